The van der Waals surface area contributed by atoms with Crippen LogP contribution in [0.15, 0.2) is 18.2 Å². The van der Waals surface area contributed by atoms with E-state index in [9.17, 15) is 14.7 Å². The van der Waals surface area contributed by atoms with Crippen LogP contribution in [0.1, 0.15) is 52.6 Å². The summed E-state index contributed by atoms with van der Waals surface area (Å²) in [7, 11) is 0. The Labute approximate surface area is 207 Å². The highest BCUT2D eigenvalue weighted by Crippen LogP contribution is 2.28. The lowest BCUT2D eigenvalue weighted by atomic mass is 9.96. The van der Waals surface area contributed by atoms with Gasteiger partial charge < -0.3 is 19.8 Å². The fourth-order valence-corrected chi connectivity index (χ4v) is 5.78. The number of anilines is 1. The standard InChI is InChI=1S/C27H37N5O3/c1-18-6-4-8-22(20(18)3)29-12-14-30(15-13-29)25(34)17-32-23-9-5-7-21(23)26(28-32)27(35)31-11-10-24(33)19(2)16-31/h4,6,8,19,24,33H,5,7,9-17H2,1-3H3/t19-,24-/m1/s1. The molecule has 8 nitrogen and oxygen atoms in total. The molecule has 0 bridgehead atoms. The second-order valence-electron chi connectivity index (χ2n) is 10.5. The van der Waals surface area contributed by atoms with Crippen LogP contribution in [0, 0.1) is 19.8 Å². The van der Waals surface area contributed by atoms with Crippen LogP contribution < -0.4 is 4.90 Å². The Morgan fingerprint density at radius 2 is 1.83 bits per heavy atom. The molecule has 1 N–H and O–H groups in total. The Morgan fingerprint density at radius 1 is 1.06 bits per heavy atom. The number of carbonyl (C=O) groups excluding carboxylic acids is 2. The second kappa shape index (κ2) is 9.64. The molecule has 2 aliphatic heterocycles. The first kappa shape index (κ1) is 23.9. The first-order chi connectivity index (χ1) is 16.8. The zero-order valence-corrected chi connectivity index (χ0v) is 21.2. The van der Waals surface area contributed by atoms with E-state index in [1.54, 1.807) is 4.68 Å². The number of aliphatic hydroxyl groups excluding tert-OH is 1. The van der Waals surface area contributed by atoms with Gasteiger partial charge in [-0.15, -0.1) is 0 Å². The molecule has 0 spiro atoms. The fourth-order valence-electron chi connectivity index (χ4n) is 5.78. The summed E-state index contributed by atoms with van der Waals surface area (Å²) in [5.41, 5.74) is 6.41. The molecule has 8 heteroatoms. The van der Waals surface area contributed by atoms with Crippen molar-refractivity contribution in [2.45, 2.75) is 59.1 Å². The quantitative estimate of drug-likeness (QED) is 0.727. The van der Waals surface area contributed by atoms with E-state index in [0.29, 0.717) is 38.3 Å². The lowest BCUT2D eigenvalue weighted by Gasteiger charge is -2.37. The van der Waals surface area contributed by atoms with E-state index < -0.39 is 0 Å². The van der Waals surface area contributed by atoms with Crippen molar-refractivity contribution < 1.29 is 14.7 Å². The van der Waals surface area contributed by atoms with E-state index in [1.807, 2.05) is 16.7 Å². The van der Waals surface area contributed by atoms with Gasteiger partial charge in [-0.2, -0.15) is 5.10 Å². The highest BCUT2D eigenvalue weighted by Gasteiger charge is 2.34. The van der Waals surface area contributed by atoms with Gasteiger partial charge in [0.25, 0.3) is 5.91 Å². The van der Waals surface area contributed by atoms with Gasteiger partial charge in [-0.25, -0.2) is 0 Å². The van der Waals surface area contributed by atoms with Gasteiger partial charge in [0.15, 0.2) is 5.69 Å². The zero-order chi connectivity index (χ0) is 24.7. The molecule has 1 aromatic heterocycles. The zero-order valence-electron chi connectivity index (χ0n) is 21.2. The number of hydrogen-bond acceptors (Lipinski definition) is 5. The van der Waals surface area contributed by atoms with Crippen molar-refractivity contribution in [2.24, 2.45) is 5.92 Å². The van der Waals surface area contributed by atoms with Gasteiger partial charge >= 0.3 is 0 Å². The van der Waals surface area contributed by atoms with Crippen molar-refractivity contribution in [3.8, 4) is 0 Å². The van der Waals surface area contributed by atoms with Crippen LogP contribution >= 0.6 is 0 Å². The molecule has 2 amide bonds. The van der Waals surface area contributed by atoms with E-state index in [1.165, 1.54) is 16.8 Å². The molecule has 2 fully saturated rings. The number of aliphatic hydroxyl groups is 1. The number of piperazine rings is 1. The molecule has 2 saturated heterocycles. The molecular weight excluding hydrogens is 442 g/mol. The summed E-state index contributed by atoms with van der Waals surface area (Å²) in [6.45, 7) is 10.6. The monoisotopic (exact) mass is 479 g/mol. The van der Waals surface area contributed by atoms with Crippen molar-refractivity contribution in [3.05, 3.63) is 46.3 Å². The normalized spacial score (nSPS) is 22.5. The van der Waals surface area contributed by atoms with Crippen molar-refractivity contribution in [3.63, 3.8) is 0 Å². The smallest absolute Gasteiger partial charge is 0.274 e. The van der Waals surface area contributed by atoms with Crippen molar-refractivity contribution >= 4 is 17.5 Å². The minimum absolute atomic E-state index is 0.0600. The number of rotatable bonds is 4. The van der Waals surface area contributed by atoms with E-state index >= 15 is 0 Å². The van der Waals surface area contributed by atoms with Crippen LogP contribution in [-0.4, -0.2) is 81.9 Å². The molecule has 0 saturated carbocycles. The molecule has 1 aromatic carbocycles. The van der Waals surface area contributed by atoms with E-state index in [0.717, 1.165) is 43.6 Å². The van der Waals surface area contributed by atoms with E-state index in [2.05, 4.69) is 42.0 Å². The van der Waals surface area contributed by atoms with Crippen molar-refractivity contribution in [1.82, 2.24) is 19.6 Å². The molecule has 2 atom stereocenters. The van der Waals surface area contributed by atoms with Crippen molar-refractivity contribution in [2.75, 3.05) is 44.2 Å². The number of carbonyl (C=O) groups is 2. The number of piperidine rings is 1. The van der Waals surface area contributed by atoms with Crippen LogP contribution in [0.4, 0.5) is 5.69 Å². The Hall–Kier alpha value is -2.87. The van der Waals surface area contributed by atoms with Gasteiger partial charge in [-0.1, -0.05) is 19.1 Å². The summed E-state index contributed by atoms with van der Waals surface area (Å²) < 4.78 is 1.79. The first-order valence-electron chi connectivity index (χ1n) is 13.0. The predicted molar refractivity (Wildman–Crippen MR) is 135 cm³/mol. The number of hydrogen-bond donors (Lipinski definition) is 1. The number of fused-ring (bicyclic) bond motifs is 1. The summed E-state index contributed by atoms with van der Waals surface area (Å²) in [5, 5.41) is 14.7. The summed E-state index contributed by atoms with van der Waals surface area (Å²) >= 11 is 0. The summed E-state index contributed by atoms with van der Waals surface area (Å²) in [6.07, 6.45) is 2.94. The third kappa shape index (κ3) is 4.56. The average Bonchev–Trinajstić information content (AvgIpc) is 3.46. The van der Waals surface area contributed by atoms with Gasteiger partial charge in [-0.3, -0.25) is 14.3 Å². The molecule has 3 heterocycles. The lowest BCUT2D eigenvalue weighted by Crippen LogP contribution is -2.50. The molecule has 188 valence electrons. The largest absolute Gasteiger partial charge is 0.393 e. The maximum absolute atomic E-state index is 13.3. The van der Waals surface area contributed by atoms with Crippen LogP contribution in [0.5, 0.6) is 0 Å². The summed E-state index contributed by atoms with van der Waals surface area (Å²) in [5.74, 6) is 0.0680. The van der Waals surface area contributed by atoms with Gasteiger partial charge in [0.2, 0.25) is 5.91 Å². The van der Waals surface area contributed by atoms with E-state index in [4.69, 9.17) is 0 Å². The highest BCUT2D eigenvalue weighted by molar-refractivity contribution is 5.94. The number of aryl methyl sites for hydroxylation is 1. The number of aromatic nitrogens is 2. The third-order valence-corrected chi connectivity index (χ3v) is 8.19. The number of nitrogens with zero attached hydrogens (tertiary/aromatic N) is 5. The summed E-state index contributed by atoms with van der Waals surface area (Å²) in [4.78, 5) is 32.6. The molecule has 5 rings (SSSR count). The maximum atomic E-state index is 13.3. The van der Waals surface area contributed by atoms with E-state index in [-0.39, 0.29) is 30.4 Å². The maximum Gasteiger partial charge on any atom is 0.274 e. The molecule has 3 aliphatic rings. The van der Waals surface area contributed by atoms with Gasteiger partial charge in [0.1, 0.15) is 6.54 Å². The molecule has 35 heavy (non-hydrogen) atoms. The molecule has 0 radical (unpaired) electrons. The SMILES string of the molecule is Cc1cccc(N2CCN(C(=O)Cn3nc(C(=O)N4CC[C@@H](O)[C@H](C)C4)c4c3CCC4)CC2)c1C. The molecule has 1 aliphatic carbocycles. The van der Waals surface area contributed by atoms with Gasteiger partial charge in [0, 0.05) is 56.2 Å². The topological polar surface area (TPSA) is 81.9 Å². The lowest BCUT2D eigenvalue weighted by molar-refractivity contribution is -0.132. The van der Waals surface area contributed by atoms with Crippen LogP contribution in [0.3, 0.4) is 0 Å². The Balaban J connectivity index is 1.25. The third-order valence-electron chi connectivity index (χ3n) is 8.19. The number of benzene rings is 1. The van der Waals surface area contributed by atoms with Gasteiger partial charge in [-0.05, 0) is 62.6 Å². The summed E-state index contributed by atoms with van der Waals surface area (Å²) in [6, 6.07) is 6.39. The molecule has 2 aromatic rings. The second-order valence-corrected chi connectivity index (χ2v) is 10.5. The Morgan fingerprint density at radius 3 is 2.57 bits per heavy atom. The number of amides is 2. The first-order valence-corrected chi connectivity index (χ1v) is 13.0. The predicted octanol–water partition coefficient (Wildman–Crippen LogP) is 2.18. The minimum atomic E-state index is -0.352. The van der Waals surface area contributed by atoms with Crippen LogP contribution in [-0.2, 0) is 24.2 Å². The number of likely N-dealkylation sites (tertiary alicyclic amines) is 1. The van der Waals surface area contributed by atoms with Crippen LogP contribution in [0.2, 0.25) is 0 Å². The Bertz CT molecular complexity index is 1120. The van der Waals surface area contributed by atoms with Crippen molar-refractivity contribution in [1.29, 1.82) is 0 Å². The minimum Gasteiger partial charge on any atom is -0.393 e. The highest BCUT2D eigenvalue weighted by atomic mass is 16.3. The fraction of sp³-hybridized carbons (Fsp3) is 0.593. The molecular formula is C27H37N5O3. The van der Waals surface area contributed by atoms with Gasteiger partial charge in [0.05, 0.1) is 6.10 Å². The Kier molecular flexibility index (Phi) is 6.57. The van der Waals surface area contributed by atoms with Crippen LogP contribution in [0.25, 0.3) is 0 Å². The average molecular weight is 480 g/mol. The molecule has 0 unspecified atom stereocenters.